The van der Waals surface area contributed by atoms with Crippen LogP contribution in [0.3, 0.4) is 0 Å². The van der Waals surface area contributed by atoms with E-state index in [0.717, 1.165) is 0 Å². The van der Waals surface area contributed by atoms with Gasteiger partial charge in [0.15, 0.2) is 0 Å². The zero-order valence-electron chi connectivity index (χ0n) is 6.90. The molecule has 0 aliphatic heterocycles. The molecule has 0 fully saturated rings. The fraction of sp³-hybridized carbons (Fsp3) is 0.286. The highest BCUT2D eigenvalue weighted by Crippen LogP contribution is 2.23. The SMILES string of the molecule is COc1cc(OC)c(N)cn1.Cl. The number of methoxy groups -OCH3 is 2. The van der Waals surface area contributed by atoms with Gasteiger partial charge in [0.05, 0.1) is 26.1 Å². The van der Waals surface area contributed by atoms with Crippen molar-refractivity contribution in [2.45, 2.75) is 0 Å². The van der Waals surface area contributed by atoms with Crippen LogP contribution in [0.1, 0.15) is 0 Å². The van der Waals surface area contributed by atoms with Gasteiger partial charge in [0.25, 0.3) is 0 Å². The van der Waals surface area contributed by atoms with Gasteiger partial charge in [-0.3, -0.25) is 0 Å². The standard InChI is InChI=1S/C7H10N2O2.ClH/c1-10-6-3-7(11-2)9-4-5(6)8;/h3-4H,8H2,1-2H3;1H. The van der Waals surface area contributed by atoms with E-state index >= 15 is 0 Å². The smallest absolute Gasteiger partial charge is 0.216 e. The summed E-state index contributed by atoms with van der Waals surface area (Å²) in [4.78, 5) is 3.88. The van der Waals surface area contributed by atoms with Gasteiger partial charge in [0, 0.05) is 6.07 Å². The quantitative estimate of drug-likeness (QED) is 0.759. The van der Waals surface area contributed by atoms with Gasteiger partial charge in [0.2, 0.25) is 5.88 Å². The molecule has 0 atom stereocenters. The maximum atomic E-state index is 5.51. The Bertz CT molecular complexity index is 255. The Morgan fingerprint density at radius 1 is 1.33 bits per heavy atom. The molecule has 0 saturated carbocycles. The number of halogens is 1. The van der Waals surface area contributed by atoms with Crippen LogP contribution >= 0.6 is 12.4 Å². The van der Waals surface area contributed by atoms with Crippen LogP contribution in [0.15, 0.2) is 12.3 Å². The van der Waals surface area contributed by atoms with Crippen LogP contribution in [-0.4, -0.2) is 19.2 Å². The van der Waals surface area contributed by atoms with E-state index in [1.165, 1.54) is 13.3 Å². The fourth-order valence-corrected chi connectivity index (χ4v) is 0.718. The summed E-state index contributed by atoms with van der Waals surface area (Å²) < 4.78 is 9.81. The predicted octanol–water partition coefficient (Wildman–Crippen LogP) is 1.10. The fourth-order valence-electron chi connectivity index (χ4n) is 0.718. The van der Waals surface area contributed by atoms with E-state index in [2.05, 4.69) is 4.98 Å². The zero-order chi connectivity index (χ0) is 8.27. The Labute approximate surface area is 77.1 Å². The van der Waals surface area contributed by atoms with Crippen LogP contribution in [-0.2, 0) is 0 Å². The number of ether oxygens (including phenoxy) is 2. The van der Waals surface area contributed by atoms with Crippen LogP contribution in [0.25, 0.3) is 0 Å². The van der Waals surface area contributed by atoms with E-state index in [1.807, 2.05) is 0 Å². The second-order valence-electron chi connectivity index (χ2n) is 1.97. The minimum absolute atomic E-state index is 0. The number of anilines is 1. The van der Waals surface area contributed by atoms with E-state index in [-0.39, 0.29) is 12.4 Å². The van der Waals surface area contributed by atoms with E-state index in [9.17, 15) is 0 Å². The Balaban J connectivity index is 0.00000121. The maximum absolute atomic E-state index is 5.51. The van der Waals surface area contributed by atoms with Crippen LogP contribution in [0.5, 0.6) is 11.6 Å². The van der Waals surface area contributed by atoms with Gasteiger partial charge < -0.3 is 15.2 Å². The lowest BCUT2D eigenvalue weighted by molar-refractivity contribution is 0.383. The zero-order valence-corrected chi connectivity index (χ0v) is 7.72. The van der Waals surface area contributed by atoms with E-state index < -0.39 is 0 Å². The first-order valence-corrected chi connectivity index (χ1v) is 3.11. The number of hydrogen-bond donors (Lipinski definition) is 1. The first kappa shape index (κ1) is 10.8. The summed E-state index contributed by atoms with van der Waals surface area (Å²) in [5.74, 6) is 1.08. The lowest BCUT2D eigenvalue weighted by Crippen LogP contribution is -1.95. The van der Waals surface area contributed by atoms with Gasteiger partial charge in [-0.15, -0.1) is 12.4 Å². The number of nitrogens with zero attached hydrogens (tertiary/aromatic N) is 1. The summed E-state index contributed by atoms with van der Waals surface area (Å²) in [5.41, 5.74) is 6.02. The van der Waals surface area contributed by atoms with Gasteiger partial charge >= 0.3 is 0 Å². The average Bonchev–Trinajstić information content (AvgIpc) is 2.05. The molecule has 0 radical (unpaired) electrons. The summed E-state index contributed by atoms with van der Waals surface area (Å²) in [5, 5.41) is 0. The van der Waals surface area contributed by atoms with Crippen molar-refractivity contribution in [2.24, 2.45) is 0 Å². The van der Waals surface area contributed by atoms with Crippen molar-refractivity contribution in [3.8, 4) is 11.6 Å². The van der Waals surface area contributed by atoms with Gasteiger partial charge in [-0.1, -0.05) is 0 Å². The number of nitrogen functional groups attached to an aromatic ring is 1. The van der Waals surface area contributed by atoms with Crippen LogP contribution in [0, 0.1) is 0 Å². The molecular formula is C7H11ClN2O2. The summed E-state index contributed by atoms with van der Waals surface area (Å²) in [6, 6.07) is 1.63. The molecular weight excluding hydrogens is 180 g/mol. The monoisotopic (exact) mass is 190 g/mol. The summed E-state index contributed by atoms with van der Waals surface area (Å²) in [7, 11) is 3.09. The van der Waals surface area contributed by atoms with Gasteiger partial charge in [-0.05, 0) is 0 Å². The molecule has 0 spiro atoms. The Morgan fingerprint density at radius 3 is 2.50 bits per heavy atom. The molecule has 0 saturated heterocycles. The average molecular weight is 191 g/mol. The maximum Gasteiger partial charge on any atom is 0.216 e. The highest BCUT2D eigenvalue weighted by Gasteiger charge is 2.00. The number of aromatic nitrogens is 1. The third-order valence-corrected chi connectivity index (χ3v) is 1.30. The summed E-state index contributed by atoms with van der Waals surface area (Å²) in [6.45, 7) is 0. The molecule has 1 heterocycles. The van der Waals surface area contributed by atoms with Crippen molar-refractivity contribution < 1.29 is 9.47 Å². The minimum Gasteiger partial charge on any atom is -0.494 e. The van der Waals surface area contributed by atoms with Crippen molar-refractivity contribution in [3.05, 3.63) is 12.3 Å². The largest absolute Gasteiger partial charge is 0.494 e. The molecule has 2 N–H and O–H groups in total. The normalized spacial score (nSPS) is 8.50. The number of rotatable bonds is 2. The first-order valence-electron chi connectivity index (χ1n) is 3.11. The van der Waals surface area contributed by atoms with Crippen LogP contribution in [0.2, 0.25) is 0 Å². The van der Waals surface area contributed by atoms with E-state index in [1.54, 1.807) is 13.2 Å². The summed E-state index contributed by atoms with van der Waals surface area (Å²) in [6.07, 6.45) is 1.50. The second kappa shape index (κ2) is 4.66. The molecule has 0 aromatic carbocycles. The molecule has 12 heavy (non-hydrogen) atoms. The molecule has 1 rings (SSSR count). The van der Waals surface area contributed by atoms with Gasteiger partial charge in [-0.25, -0.2) is 4.98 Å². The molecule has 5 heteroatoms. The number of nitrogens with two attached hydrogens (primary N) is 1. The van der Waals surface area contributed by atoms with Crippen molar-refractivity contribution in [3.63, 3.8) is 0 Å². The Hall–Kier alpha value is -1.16. The van der Waals surface area contributed by atoms with Crippen molar-refractivity contribution in [1.29, 1.82) is 0 Å². The molecule has 1 aromatic heterocycles. The Kier molecular flexibility index (Phi) is 4.21. The minimum atomic E-state index is 0. The van der Waals surface area contributed by atoms with E-state index in [0.29, 0.717) is 17.3 Å². The van der Waals surface area contributed by atoms with Crippen LogP contribution < -0.4 is 15.2 Å². The molecule has 0 unspecified atom stereocenters. The topological polar surface area (TPSA) is 57.4 Å². The lowest BCUT2D eigenvalue weighted by atomic mass is 10.4. The highest BCUT2D eigenvalue weighted by atomic mass is 35.5. The van der Waals surface area contributed by atoms with Crippen molar-refractivity contribution in [2.75, 3.05) is 20.0 Å². The molecule has 1 aromatic rings. The Morgan fingerprint density at radius 2 is 2.00 bits per heavy atom. The molecule has 4 nitrogen and oxygen atoms in total. The second-order valence-corrected chi connectivity index (χ2v) is 1.97. The first-order chi connectivity index (χ1) is 5.27. The third-order valence-electron chi connectivity index (χ3n) is 1.30. The molecule has 68 valence electrons. The van der Waals surface area contributed by atoms with Crippen LogP contribution in [0.4, 0.5) is 5.69 Å². The molecule has 0 aliphatic carbocycles. The highest BCUT2D eigenvalue weighted by molar-refractivity contribution is 5.85. The summed E-state index contributed by atoms with van der Waals surface area (Å²) >= 11 is 0. The van der Waals surface area contributed by atoms with Gasteiger partial charge in [-0.2, -0.15) is 0 Å². The van der Waals surface area contributed by atoms with Crippen molar-refractivity contribution in [1.82, 2.24) is 4.98 Å². The third kappa shape index (κ3) is 2.17. The molecule has 0 bridgehead atoms. The predicted molar refractivity (Wildman–Crippen MR) is 49.0 cm³/mol. The number of hydrogen-bond acceptors (Lipinski definition) is 4. The van der Waals surface area contributed by atoms with Gasteiger partial charge in [0.1, 0.15) is 5.75 Å². The van der Waals surface area contributed by atoms with E-state index in [4.69, 9.17) is 15.2 Å². The number of pyridine rings is 1. The lowest BCUT2D eigenvalue weighted by Gasteiger charge is -2.04. The van der Waals surface area contributed by atoms with Crippen molar-refractivity contribution >= 4 is 18.1 Å². The molecule has 0 aliphatic rings. The molecule has 0 amide bonds.